The van der Waals surface area contributed by atoms with Crippen LogP contribution in [0.2, 0.25) is 0 Å². The minimum absolute atomic E-state index is 0.103. The molecule has 1 unspecified atom stereocenters. The van der Waals surface area contributed by atoms with Crippen molar-refractivity contribution in [2.24, 2.45) is 11.8 Å². The van der Waals surface area contributed by atoms with Gasteiger partial charge in [0.1, 0.15) is 0 Å². The second-order valence-electron chi connectivity index (χ2n) is 5.14. The fraction of sp³-hybridized carbons (Fsp3) is 0.786. The van der Waals surface area contributed by atoms with E-state index in [1.165, 1.54) is 31.3 Å². The van der Waals surface area contributed by atoms with E-state index in [2.05, 4.69) is 0 Å². The molecular formula is C14H22O2. The van der Waals surface area contributed by atoms with Crippen molar-refractivity contribution in [1.82, 2.24) is 0 Å². The van der Waals surface area contributed by atoms with Gasteiger partial charge in [0.2, 0.25) is 0 Å². The zero-order valence-electron chi connectivity index (χ0n) is 10.4. The highest BCUT2D eigenvalue weighted by atomic mass is 16.5. The Balaban J connectivity index is 2.00. The van der Waals surface area contributed by atoms with Crippen molar-refractivity contribution >= 4 is 5.97 Å². The summed E-state index contributed by atoms with van der Waals surface area (Å²) >= 11 is 0. The van der Waals surface area contributed by atoms with Crippen LogP contribution < -0.4 is 0 Å². The topological polar surface area (TPSA) is 26.3 Å². The van der Waals surface area contributed by atoms with Crippen LogP contribution in [0.4, 0.5) is 0 Å². The maximum atomic E-state index is 11.7. The molecule has 2 rings (SSSR count). The Morgan fingerprint density at radius 3 is 2.69 bits per heavy atom. The molecule has 2 fully saturated rings. The average Bonchev–Trinajstić information content (AvgIpc) is 3.12. The maximum Gasteiger partial charge on any atom is 0.333 e. The third-order valence-electron chi connectivity index (χ3n) is 3.96. The Morgan fingerprint density at radius 2 is 2.06 bits per heavy atom. The number of carbonyl (C=O) groups is 1. The van der Waals surface area contributed by atoms with Crippen LogP contribution in [0.5, 0.6) is 0 Å². The average molecular weight is 222 g/mol. The zero-order valence-corrected chi connectivity index (χ0v) is 10.4. The van der Waals surface area contributed by atoms with Gasteiger partial charge in [-0.25, -0.2) is 4.79 Å². The van der Waals surface area contributed by atoms with Gasteiger partial charge in [0.25, 0.3) is 0 Å². The van der Waals surface area contributed by atoms with E-state index in [0.717, 1.165) is 30.3 Å². The van der Waals surface area contributed by atoms with Gasteiger partial charge < -0.3 is 4.74 Å². The molecule has 90 valence electrons. The van der Waals surface area contributed by atoms with E-state index in [0.29, 0.717) is 6.61 Å². The van der Waals surface area contributed by atoms with Crippen LogP contribution in [-0.4, -0.2) is 12.6 Å². The lowest BCUT2D eigenvalue weighted by Crippen LogP contribution is -2.15. The Labute approximate surface area is 98.1 Å². The third-order valence-corrected chi connectivity index (χ3v) is 3.96. The third kappa shape index (κ3) is 2.66. The molecule has 0 aromatic heterocycles. The SMILES string of the molecule is CCOC(=O)C(C)=C1CCCC(C2CC2)C1. The van der Waals surface area contributed by atoms with Gasteiger partial charge in [0.05, 0.1) is 6.61 Å². The summed E-state index contributed by atoms with van der Waals surface area (Å²) in [7, 11) is 0. The number of allylic oxidation sites excluding steroid dienone is 1. The lowest BCUT2D eigenvalue weighted by molar-refractivity contribution is -0.138. The molecule has 2 nitrogen and oxygen atoms in total. The van der Waals surface area contributed by atoms with Crippen molar-refractivity contribution in [2.45, 2.75) is 52.4 Å². The first-order chi connectivity index (χ1) is 7.72. The first-order valence-electron chi connectivity index (χ1n) is 6.58. The van der Waals surface area contributed by atoms with Gasteiger partial charge in [-0.1, -0.05) is 5.57 Å². The quantitative estimate of drug-likeness (QED) is 0.540. The molecule has 1 atom stereocenters. The fourth-order valence-electron chi connectivity index (χ4n) is 2.79. The molecule has 2 aliphatic carbocycles. The first kappa shape index (κ1) is 11.7. The molecular weight excluding hydrogens is 200 g/mol. The van der Waals surface area contributed by atoms with Gasteiger partial charge in [-0.05, 0) is 64.2 Å². The van der Waals surface area contributed by atoms with Gasteiger partial charge in [0, 0.05) is 5.57 Å². The Kier molecular flexibility index (Phi) is 3.67. The van der Waals surface area contributed by atoms with Crippen molar-refractivity contribution in [2.75, 3.05) is 6.61 Å². The molecule has 0 bridgehead atoms. The summed E-state index contributed by atoms with van der Waals surface area (Å²) in [5.41, 5.74) is 2.24. The van der Waals surface area contributed by atoms with Crippen LogP contribution in [0.15, 0.2) is 11.1 Å². The molecule has 0 aromatic rings. The fourth-order valence-corrected chi connectivity index (χ4v) is 2.79. The monoisotopic (exact) mass is 222 g/mol. The number of rotatable bonds is 3. The van der Waals surface area contributed by atoms with E-state index in [9.17, 15) is 4.79 Å². The number of ether oxygens (including phenoxy) is 1. The normalized spacial score (nSPS) is 28.8. The number of hydrogen-bond donors (Lipinski definition) is 0. The smallest absolute Gasteiger partial charge is 0.333 e. The van der Waals surface area contributed by atoms with Gasteiger partial charge in [-0.2, -0.15) is 0 Å². The minimum Gasteiger partial charge on any atom is -0.463 e. The summed E-state index contributed by atoms with van der Waals surface area (Å²) in [6.45, 7) is 4.28. The van der Waals surface area contributed by atoms with E-state index in [4.69, 9.17) is 4.74 Å². The van der Waals surface area contributed by atoms with E-state index in [-0.39, 0.29) is 5.97 Å². The second kappa shape index (κ2) is 5.03. The Hall–Kier alpha value is -0.790. The highest BCUT2D eigenvalue weighted by Crippen LogP contribution is 2.45. The summed E-state index contributed by atoms with van der Waals surface area (Å²) in [5.74, 6) is 1.72. The van der Waals surface area contributed by atoms with Crippen LogP contribution in [0.3, 0.4) is 0 Å². The van der Waals surface area contributed by atoms with E-state index in [1.807, 2.05) is 13.8 Å². The van der Waals surface area contributed by atoms with Crippen LogP contribution in [0.1, 0.15) is 52.4 Å². The summed E-state index contributed by atoms with van der Waals surface area (Å²) in [5, 5.41) is 0. The molecule has 0 spiro atoms. The largest absolute Gasteiger partial charge is 0.463 e. The lowest BCUT2D eigenvalue weighted by atomic mass is 9.81. The van der Waals surface area contributed by atoms with Crippen molar-refractivity contribution in [3.05, 3.63) is 11.1 Å². The second-order valence-corrected chi connectivity index (χ2v) is 5.14. The molecule has 0 radical (unpaired) electrons. The summed E-state index contributed by atoms with van der Waals surface area (Å²) in [6.07, 6.45) is 7.70. The highest BCUT2D eigenvalue weighted by molar-refractivity contribution is 5.88. The van der Waals surface area contributed by atoms with E-state index in [1.54, 1.807) is 0 Å². The Morgan fingerprint density at radius 1 is 1.31 bits per heavy atom. The highest BCUT2D eigenvalue weighted by Gasteiger charge is 2.33. The standard InChI is InChI=1S/C14H22O2/c1-3-16-14(15)10(2)12-5-4-6-13(9-12)11-7-8-11/h11,13H,3-9H2,1-2H3. The van der Waals surface area contributed by atoms with Crippen molar-refractivity contribution in [3.8, 4) is 0 Å². The number of carbonyl (C=O) groups excluding carboxylic acids is 1. The van der Waals surface area contributed by atoms with Crippen molar-refractivity contribution in [3.63, 3.8) is 0 Å². The van der Waals surface area contributed by atoms with Crippen molar-refractivity contribution in [1.29, 1.82) is 0 Å². The summed E-state index contributed by atoms with van der Waals surface area (Å²) < 4.78 is 5.07. The van der Waals surface area contributed by atoms with Crippen molar-refractivity contribution < 1.29 is 9.53 Å². The predicted octanol–water partition coefficient (Wildman–Crippen LogP) is 3.47. The number of esters is 1. The molecule has 0 amide bonds. The van der Waals surface area contributed by atoms with Gasteiger partial charge >= 0.3 is 5.97 Å². The molecule has 0 heterocycles. The van der Waals surface area contributed by atoms with E-state index >= 15 is 0 Å². The summed E-state index contributed by atoms with van der Waals surface area (Å²) in [6, 6.07) is 0. The minimum atomic E-state index is -0.103. The lowest BCUT2D eigenvalue weighted by Gasteiger charge is -2.25. The Bertz CT molecular complexity index is 300. The molecule has 0 aromatic carbocycles. The van der Waals surface area contributed by atoms with Gasteiger partial charge in [-0.15, -0.1) is 0 Å². The summed E-state index contributed by atoms with van der Waals surface area (Å²) in [4.78, 5) is 11.7. The molecule has 0 N–H and O–H groups in total. The van der Waals surface area contributed by atoms with Crippen LogP contribution in [0.25, 0.3) is 0 Å². The molecule has 0 aliphatic heterocycles. The van der Waals surface area contributed by atoms with Gasteiger partial charge in [-0.3, -0.25) is 0 Å². The van der Waals surface area contributed by atoms with Gasteiger partial charge in [0.15, 0.2) is 0 Å². The molecule has 0 saturated heterocycles. The van der Waals surface area contributed by atoms with Crippen LogP contribution in [-0.2, 0) is 9.53 Å². The zero-order chi connectivity index (χ0) is 11.5. The molecule has 2 aliphatic rings. The number of hydrogen-bond acceptors (Lipinski definition) is 2. The maximum absolute atomic E-state index is 11.7. The molecule has 2 heteroatoms. The molecule has 16 heavy (non-hydrogen) atoms. The predicted molar refractivity (Wildman–Crippen MR) is 64.0 cm³/mol. The van der Waals surface area contributed by atoms with Crippen LogP contribution >= 0.6 is 0 Å². The first-order valence-corrected chi connectivity index (χ1v) is 6.58. The molecule has 2 saturated carbocycles. The van der Waals surface area contributed by atoms with E-state index < -0.39 is 0 Å². The van der Waals surface area contributed by atoms with Crippen LogP contribution in [0, 0.1) is 11.8 Å².